The predicted octanol–water partition coefficient (Wildman–Crippen LogP) is 14.2. The first-order chi connectivity index (χ1) is 64.6. The number of aliphatic hydroxyl groups is 1. The Balaban J connectivity index is 0.000000167. The van der Waals surface area contributed by atoms with Gasteiger partial charge in [0.1, 0.15) is 39.4 Å². The van der Waals surface area contributed by atoms with E-state index in [2.05, 4.69) is 58.5 Å². The van der Waals surface area contributed by atoms with Gasteiger partial charge in [-0.15, -0.1) is 0 Å². The third-order valence-electron chi connectivity index (χ3n) is 26.5. The van der Waals surface area contributed by atoms with Crippen LogP contribution in [0.2, 0.25) is 20.1 Å². The quantitative estimate of drug-likeness (QED) is 0.0161. The topological polar surface area (TPSA) is 428 Å². The van der Waals surface area contributed by atoms with Gasteiger partial charge in [-0.25, -0.2) is 26.3 Å². The molecule has 0 saturated heterocycles. The van der Waals surface area contributed by atoms with Gasteiger partial charge in [-0.05, 0) is 235 Å². The van der Waals surface area contributed by atoms with E-state index in [-0.39, 0.29) is 81.5 Å². The first kappa shape index (κ1) is 105. The minimum Gasteiger partial charge on any atom is -0.391 e. The van der Waals surface area contributed by atoms with Crippen molar-refractivity contribution in [1.82, 2.24) is 55.5 Å². The zero-order valence-electron chi connectivity index (χ0n) is 79.7. The molecule has 4 aromatic carbocycles. The molecule has 4 aromatic heterocycles. The van der Waals surface area contributed by atoms with E-state index < -0.39 is 167 Å². The monoisotopic (exact) mass is 2010 g/mol. The largest absolute Gasteiger partial charge is 0.391 e. The van der Waals surface area contributed by atoms with Gasteiger partial charge in [-0.3, -0.25) is 71.9 Å². The number of alkyl halides is 6. The Morgan fingerprint density at radius 2 is 0.676 bits per heavy atom. The molecule has 8 aromatic rings. The van der Waals surface area contributed by atoms with Crippen LogP contribution >= 0.6 is 46.4 Å². The van der Waals surface area contributed by atoms with E-state index >= 15 is 0 Å². The lowest BCUT2D eigenvalue weighted by Gasteiger charge is -2.45. The van der Waals surface area contributed by atoms with Crippen LogP contribution in [0.15, 0.2) is 72.8 Å². The second kappa shape index (κ2) is 39.3. The summed E-state index contributed by atoms with van der Waals surface area (Å²) in [4.78, 5) is 194. The highest BCUT2D eigenvalue weighted by molar-refractivity contribution is 6.46. The molecule has 3 aliphatic carbocycles. The number of benzene rings is 4. The number of amides is 11. The summed E-state index contributed by atoms with van der Waals surface area (Å²) in [6, 6.07) is 20.2. The zero-order chi connectivity index (χ0) is 103. The molecule has 139 heavy (non-hydrogen) atoms. The number of ketones is 4. The molecule has 3 saturated carbocycles. The van der Waals surface area contributed by atoms with E-state index in [9.17, 15) is 103 Å². The number of Topliss-reactive ketones (excluding diaryl/α,β-unsaturated/α-hetero) is 4. The van der Waals surface area contributed by atoms with Crippen molar-refractivity contribution in [3.05, 3.63) is 205 Å². The van der Waals surface area contributed by atoms with Gasteiger partial charge >= 0.3 is 0 Å². The third kappa shape index (κ3) is 20.8. The molecule has 7 aliphatic rings. The number of rotatable bonds is 23. The van der Waals surface area contributed by atoms with Gasteiger partial charge in [0.2, 0.25) is 17.7 Å². The average molecular weight is 2010 g/mol. The Bertz CT molecular complexity index is 6520. The zero-order valence-corrected chi connectivity index (χ0v) is 82.7. The number of hydrogen-bond donors (Lipinski definition) is 12. The summed E-state index contributed by atoms with van der Waals surface area (Å²) < 4.78 is 88.7. The first-order valence-electron chi connectivity index (χ1n) is 44.8. The molecule has 4 aliphatic heterocycles. The number of likely N-dealkylation sites (N-methyl/N-ethyl adjacent to an activating group) is 3. The van der Waals surface area contributed by atoms with E-state index in [1.54, 1.807) is 117 Å². The molecule has 8 heterocycles. The Morgan fingerprint density at radius 1 is 0.396 bits per heavy atom. The molecule has 0 radical (unpaired) electrons. The molecule has 742 valence electrons. The Kier molecular flexibility index (Phi) is 29.8. The standard InChI is InChI=1S/C26H29ClF2N4O4.C25H27ClF2N4O4.C24H25ClF2N4O5.C23H28ClN3O3/c1-13-6-7-15(10-16(13)27)31-21(35)19-14(2)18(17-8-9-24(3,4)33(17)19)20(34)22(36)32-25(23(37)30-5)11-26(28,29)12-25;1-12-5-7-15(9-16(12)26)30-21(34)19-14(3)18(17-8-6-13(2)32(17)19)20(33)22(35)31-24(23(36)29-4)10-25(27,28)11-24;1-11-4-5-13(6-15(11)25)29-20(34)18-12(2)17(16-7-14(32)8-31(16)18)19(33)21(35)30-23(22(36)28-3)9-24(26,27)10-23;1-12(2)25-22(30)20(28)18-14(4)19(27-17(18)9-10-23(27,5)6)21(29)26-15-8-7-13(3)16(24)11-15/h6-7,10H,8-9,11-12H2,1-5H3,(H,30,37)(H,31,35)(H,32,36);5,7,9,13H,6,8,10-11H2,1-4H3,(H,29,36)(H,30,34)(H,31,35);4-6,14,32H,7-10H2,1-3H3,(H,28,36)(H,29,34)(H,30,35);7-8,11-12H,9-10H2,1-6H3,(H,25,30)(H,26,29)/t;13-;14-;/m.11./s1. The maximum atomic E-state index is 13.7. The molecular formula is C98H109Cl4F6N15O16. The van der Waals surface area contributed by atoms with Crippen LogP contribution in [-0.2, 0) is 76.9 Å². The lowest BCUT2D eigenvalue weighted by molar-refractivity contribution is -0.164. The summed E-state index contributed by atoms with van der Waals surface area (Å²) in [5.74, 6) is -21.5. The summed E-state index contributed by atoms with van der Waals surface area (Å²) in [6.45, 7) is 27.2. The minimum absolute atomic E-state index is 0.0114. The van der Waals surface area contributed by atoms with Gasteiger partial charge < -0.3 is 81.9 Å². The predicted molar refractivity (Wildman–Crippen MR) is 509 cm³/mol. The van der Waals surface area contributed by atoms with Crippen molar-refractivity contribution >= 4 is 157 Å². The van der Waals surface area contributed by atoms with Crippen molar-refractivity contribution in [2.24, 2.45) is 0 Å². The van der Waals surface area contributed by atoms with Gasteiger partial charge in [-0.2, -0.15) is 0 Å². The lowest BCUT2D eigenvalue weighted by atomic mass is 9.72. The van der Waals surface area contributed by atoms with E-state index in [4.69, 9.17) is 46.4 Å². The minimum atomic E-state index is -3.15. The number of aromatic nitrogens is 4. The number of anilines is 4. The van der Waals surface area contributed by atoms with Crippen LogP contribution in [-0.4, -0.2) is 179 Å². The maximum absolute atomic E-state index is 13.7. The van der Waals surface area contributed by atoms with E-state index in [1.807, 2.05) is 66.0 Å². The van der Waals surface area contributed by atoms with Crippen molar-refractivity contribution in [3.63, 3.8) is 0 Å². The van der Waals surface area contributed by atoms with Crippen LogP contribution in [0.4, 0.5) is 49.1 Å². The van der Waals surface area contributed by atoms with Crippen LogP contribution < -0.4 is 58.5 Å². The second-order valence-corrected chi connectivity index (χ2v) is 39.9. The van der Waals surface area contributed by atoms with Crippen LogP contribution in [0, 0.1) is 55.4 Å². The number of hydrogen-bond acceptors (Lipinski definition) is 16. The second-order valence-electron chi connectivity index (χ2n) is 38.3. The average Bonchev–Trinajstić information content (AvgIpc) is 1.62. The van der Waals surface area contributed by atoms with Gasteiger partial charge in [0.05, 0.1) is 28.4 Å². The molecule has 12 N–H and O–H groups in total. The van der Waals surface area contributed by atoms with Crippen molar-refractivity contribution < 1.29 is 103 Å². The number of carbonyl (C=O) groups is 15. The van der Waals surface area contributed by atoms with Gasteiger partial charge in [-0.1, -0.05) is 70.7 Å². The van der Waals surface area contributed by atoms with Crippen LogP contribution in [0.25, 0.3) is 0 Å². The summed E-state index contributed by atoms with van der Waals surface area (Å²) in [7, 11) is 3.79. The fourth-order valence-electron chi connectivity index (χ4n) is 19.6. The molecule has 0 spiro atoms. The molecule has 41 heteroatoms. The normalized spacial score (nSPS) is 17.9. The van der Waals surface area contributed by atoms with Gasteiger partial charge in [0.15, 0.2) is 0 Å². The van der Waals surface area contributed by atoms with Crippen LogP contribution in [0.1, 0.15) is 263 Å². The maximum Gasteiger partial charge on any atom is 0.293 e. The SMILES string of the molecule is CNC(=O)C1(NC(=O)C(=O)c2c(C)c(C(=O)Nc3ccc(C)c(Cl)c3)n3c2CCC3(C)C)CC(F)(F)C1.CNC(=O)C1(NC(=O)C(=O)c2c(C)c(C(=O)Nc3ccc(C)c(Cl)c3)n3c2CC[C@H]3C)CC(F)(F)C1.CNC(=O)C1(NC(=O)C(=O)c2c(C)c(C(=O)Nc3ccc(C)c(Cl)c3)n3c2C[C@@H](O)C3)CC(F)(F)C1.Cc1ccc(NC(=O)c2c(C)c(C(=O)C(=O)NC(C)C)c3n2C(C)(C)CC3)cc1Cl. The summed E-state index contributed by atoms with van der Waals surface area (Å²) in [5, 5.41) is 39.5. The smallest absolute Gasteiger partial charge is 0.293 e. The van der Waals surface area contributed by atoms with E-state index in [1.165, 1.54) is 32.6 Å². The molecule has 31 nitrogen and oxygen atoms in total. The van der Waals surface area contributed by atoms with Crippen molar-refractivity contribution in [1.29, 1.82) is 0 Å². The first-order valence-corrected chi connectivity index (χ1v) is 46.3. The number of aliphatic hydroxyl groups excluding tert-OH is 1. The number of nitrogens with one attached hydrogen (secondary N) is 11. The van der Waals surface area contributed by atoms with Crippen LogP contribution in [0.5, 0.6) is 0 Å². The third-order valence-corrected chi connectivity index (χ3v) is 28.2. The Labute approximate surface area is 816 Å². The Morgan fingerprint density at radius 3 is 0.978 bits per heavy atom. The molecule has 3 fully saturated rings. The molecule has 11 amide bonds. The van der Waals surface area contributed by atoms with Crippen LogP contribution in [0.3, 0.4) is 0 Å². The fraction of sp³-hybridized carbons (Fsp3) is 0.439. The fourth-order valence-corrected chi connectivity index (χ4v) is 20.3. The number of aryl methyl sites for hydroxylation is 4. The number of halogens is 10. The van der Waals surface area contributed by atoms with Crippen molar-refractivity contribution in [3.8, 4) is 0 Å². The summed E-state index contributed by atoms with van der Waals surface area (Å²) in [6.07, 6.45) is -2.74. The highest BCUT2D eigenvalue weighted by atomic mass is 35.5. The van der Waals surface area contributed by atoms with Gasteiger partial charge in [0, 0.05) is 161 Å². The molecule has 0 unspecified atom stereocenters. The van der Waals surface area contributed by atoms with Crippen molar-refractivity contribution in [2.45, 2.75) is 258 Å². The highest BCUT2D eigenvalue weighted by Gasteiger charge is 2.65. The number of nitrogens with zero attached hydrogens (tertiary/aromatic N) is 4. The lowest BCUT2D eigenvalue weighted by Crippen LogP contribution is -2.69. The Hall–Kier alpha value is -12.5. The molecule has 15 rings (SSSR count). The molecular weight excluding hydrogens is 1900 g/mol. The van der Waals surface area contributed by atoms with E-state index in [0.717, 1.165) is 34.4 Å². The molecule has 0 bridgehead atoms. The van der Waals surface area contributed by atoms with Crippen molar-refractivity contribution in [2.75, 3.05) is 42.4 Å². The number of fused-ring (bicyclic) bond motifs is 4. The van der Waals surface area contributed by atoms with Gasteiger partial charge in [0.25, 0.3) is 88.2 Å². The summed E-state index contributed by atoms with van der Waals surface area (Å²) in [5.41, 5.74) is 3.52. The molecule has 2 atom stereocenters. The summed E-state index contributed by atoms with van der Waals surface area (Å²) >= 11 is 24.7. The van der Waals surface area contributed by atoms with E-state index in [0.29, 0.717) is 114 Å². The number of carbonyl (C=O) groups excluding carboxylic acids is 15. The highest BCUT2D eigenvalue weighted by Crippen LogP contribution is 2.50.